The number of nitrogens with two attached hydrogens (primary N) is 1. The quantitative estimate of drug-likeness (QED) is 0.773. The fraction of sp³-hybridized carbons (Fsp3) is 0.182. The van der Waals surface area contributed by atoms with Gasteiger partial charge in [0, 0.05) is 30.8 Å². The predicted octanol–water partition coefficient (Wildman–Crippen LogP) is 1.74. The van der Waals surface area contributed by atoms with Crippen LogP contribution in [0.2, 0.25) is 0 Å². The van der Waals surface area contributed by atoms with Gasteiger partial charge in [0.15, 0.2) is 0 Å². The van der Waals surface area contributed by atoms with E-state index in [0.29, 0.717) is 6.73 Å². The molecule has 0 spiro atoms. The predicted molar refractivity (Wildman–Crippen MR) is 59.1 cm³/mol. The van der Waals surface area contributed by atoms with Crippen molar-refractivity contribution in [3.8, 4) is 11.4 Å². The Bertz CT molecular complexity index is 451. The molecular weight excluding hydrogens is 190 g/mol. The highest BCUT2D eigenvalue weighted by Crippen LogP contribution is 2.19. The van der Waals surface area contributed by atoms with Crippen molar-refractivity contribution >= 4 is 5.69 Å². The van der Waals surface area contributed by atoms with Gasteiger partial charge in [-0.3, -0.25) is 0 Å². The van der Waals surface area contributed by atoms with E-state index in [1.165, 1.54) is 0 Å². The molecular formula is C11H13N3O. The molecule has 0 saturated carbocycles. The lowest BCUT2D eigenvalue weighted by Crippen LogP contribution is -2.01. The molecule has 0 saturated heterocycles. The van der Waals surface area contributed by atoms with Crippen LogP contribution in [0.5, 0.6) is 0 Å². The Labute approximate surface area is 88.3 Å². The molecule has 1 aromatic carbocycles. The molecule has 0 atom stereocenters. The van der Waals surface area contributed by atoms with Crippen molar-refractivity contribution in [2.24, 2.45) is 0 Å². The van der Waals surface area contributed by atoms with Crippen LogP contribution >= 0.6 is 0 Å². The molecule has 1 heterocycles. The van der Waals surface area contributed by atoms with E-state index in [1.54, 1.807) is 13.3 Å². The van der Waals surface area contributed by atoms with Crippen molar-refractivity contribution in [2.45, 2.75) is 6.73 Å². The number of nitrogen functional groups attached to an aromatic ring is 1. The number of hydrogen-bond acceptors (Lipinski definition) is 3. The lowest BCUT2D eigenvalue weighted by molar-refractivity contribution is 0.132. The number of rotatable bonds is 3. The number of methoxy groups -OCH3 is 1. The van der Waals surface area contributed by atoms with Gasteiger partial charge in [-0.05, 0) is 12.1 Å². The van der Waals surface area contributed by atoms with Crippen LogP contribution < -0.4 is 5.73 Å². The van der Waals surface area contributed by atoms with E-state index in [9.17, 15) is 0 Å². The Morgan fingerprint density at radius 2 is 2.33 bits per heavy atom. The Hall–Kier alpha value is -1.81. The summed E-state index contributed by atoms with van der Waals surface area (Å²) in [6.07, 6.45) is 3.62. The van der Waals surface area contributed by atoms with E-state index in [2.05, 4.69) is 4.98 Å². The fourth-order valence-corrected chi connectivity index (χ4v) is 1.49. The van der Waals surface area contributed by atoms with E-state index >= 15 is 0 Å². The molecule has 2 rings (SSSR count). The standard InChI is InChI=1S/C11H13N3O/c1-15-8-14-6-5-13-11(14)9-3-2-4-10(12)7-9/h2-7H,8,12H2,1H3. The summed E-state index contributed by atoms with van der Waals surface area (Å²) < 4.78 is 7.00. The zero-order valence-corrected chi connectivity index (χ0v) is 8.55. The summed E-state index contributed by atoms with van der Waals surface area (Å²) in [5.74, 6) is 0.865. The van der Waals surface area contributed by atoms with Crippen LogP contribution in [-0.4, -0.2) is 16.7 Å². The van der Waals surface area contributed by atoms with E-state index < -0.39 is 0 Å². The second kappa shape index (κ2) is 4.14. The van der Waals surface area contributed by atoms with Crippen LogP contribution in [0.15, 0.2) is 36.7 Å². The summed E-state index contributed by atoms with van der Waals surface area (Å²) in [6.45, 7) is 0.490. The van der Waals surface area contributed by atoms with Gasteiger partial charge in [-0.25, -0.2) is 4.98 Å². The Morgan fingerprint density at radius 3 is 3.07 bits per heavy atom. The molecule has 0 fully saturated rings. The van der Waals surface area contributed by atoms with Crippen molar-refractivity contribution in [3.63, 3.8) is 0 Å². The molecule has 0 bridgehead atoms. The monoisotopic (exact) mass is 203 g/mol. The summed E-state index contributed by atoms with van der Waals surface area (Å²) in [5, 5.41) is 0. The SMILES string of the molecule is COCn1ccnc1-c1cccc(N)c1. The molecule has 0 unspecified atom stereocenters. The normalized spacial score (nSPS) is 10.5. The highest BCUT2D eigenvalue weighted by molar-refractivity contribution is 5.61. The zero-order chi connectivity index (χ0) is 10.7. The number of anilines is 1. The highest BCUT2D eigenvalue weighted by Gasteiger charge is 2.04. The summed E-state index contributed by atoms with van der Waals surface area (Å²) >= 11 is 0. The molecule has 1 aromatic heterocycles. The van der Waals surface area contributed by atoms with E-state index in [0.717, 1.165) is 17.1 Å². The number of hydrogen-bond donors (Lipinski definition) is 1. The number of benzene rings is 1. The molecule has 15 heavy (non-hydrogen) atoms. The van der Waals surface area contributed by atoms with Crippen LogP contribution in [0.4, 0.5) is 5.69 Å². The minimum atomic E-state index is 0.490. The van der Waals surface area contributed by atoms with Gasteiger partial charge < -0.3 is 15.0 Å². The third-order valence-corrected chi connectivity index (χ3v) is 2.13. The second-order valence-corrected chi connectivity index (χ2v) is 3.26. The Balaban J connectivity index is 2.40. The first-order valence-electron chi connectivity index (χ1n) is 4.67. The first-order valence-corrected chi connectivity index (χ1v) is 4.67. The van der Waals surface area contributed by atoms with Gasteiger partial charge in [0.1, 0.15) is 12.6 Å². The molecule has 78 valence electrons. The van der Waals surface area contributed by atoms with Crippen LogP contribution in [0.1, 0.15) is 0 Å². The van der Waals surface area contributed by atoms with Crippen LogP contribution in [0.25, 0.3) is 11.4 Å². The van der Waals surface area contributed by atoms with Crippen molar-refractivity contribution in [3.05, 3.63) is 36.7 Å². The second-order valence-electron chi connectivity index (χ2n) is 3.26. The van der Waals surface area contributed by atoms with Gasteiger partial charge >= 0.3 is 0 Å². The zero-order valence-electron chi connectivity index (χ0n) is 8.55. The molecule has 4 heteroatoms. The molecule has 0 aliphatic heterocycles. The van der Waals surface area contributed by atoms with E-state index in [1.807, 2.05) is 35.0 Å². The van der Waals surface area contributed by atoms with Gasteiger partial charge in [0.05, 0.1) is 0 Å². The molecule has 2 aromatic rings. The lowest BCUT2D eigenvalue weighted by Gasteiger charge is -2.06. The Kier molecular flexibility index (Phi) is 2.69. The van der Waals surface area contributed by atoms with Gasteiger partial charge in [0.25, 0.3) is 0 Å². The van der Waals surface area contributed by atoms with Crippen molar-refractivity contribution in [2.75, 3.05) is 12.8 Å². The summed E-state index contributed by atoms with van der Waals surface area (Å²) in [7, 11) is 1.66. The van der Waals surface area contributed by atoms with E-state index in [-0.39, 0.29) is 0 Å². The molecule has 0 aliphatic rings. The number of nitrogens with zero attached hydrogens (tertiary/aromatic N) is 2. The smallest absolute Gasteiger partial charge is 0.141 e. The molecule has 0 radical (unpaired) electrons. The number of ether oxygens (including phenoxy) is 1. The first-order chi connectivity index (χ1) is 7.31. The minimum absolute atomic E-state index is 0.490. The van der Waals surface area contributed by atoms with Gasteiger partial charge in [-0.15, -0.1) is 0 Å². The first kappa shape index (κ1) is 9.73. The van der Waals surface area contributed by atoms with Crippen molar-refractivity contribution in [1.29, 1.82) is 0 Å². The topological polar surface area (TPSA) is 53.1 Å². The van der Waals surface area contributed by atoms with Crippen LogP contribution in [-0.2, 0) is 11.5 Å². The van der Waals surface area contributed by atoms with Gasteiger partial charge in [-0.1, -0.05) is 12.1 Å². The third kappa shape index (κ3) is 1.99. The maximum atomic E-state index is 5.72. The van der Waals surface area contributed by atoms with Crippen molar-refractivity contribution < 1.29 is 4.74 Å². The summed E-state index contributed by atoms with van der Waals surface area (Å²) in [4.78, 5) is 4.27. The van der Waals surface area contributed by atoms with E-state index in [4.69, 9.17) is 10.5 Å². The summed E-state index contributed by atoms with van der Waals surface area (Å²) in [6, 6.07) is 7.64. The molecule has 0 amide bonds. The number of aromatic nitrogens is 2. The molecule has 0 aliphatic carbocycles. The highest BCUT2D eigenvalue weighted by atomic mass is 16.5. The van der Waals surface area contributed by atoms with Crippen LogP contribution in [0.3, 0.4) is 0 Å². The maximum Gasteiger partial charge on any atom is 0.141 e. The average Bonchev–Trinajstić information content (AvgIpc) is 2.66. The van der Waals surface area contributed by atoms with Gasteiger partial charge in [-0.2, -0.15) is 0 Å². The third-order valence-electron chi connectivity index (χ3n) is 2.13. The minimum Gasteiger partial charge on any atom is -0.399 e. The van der Waals surface area contributed by atoms with Crippen LogP contribution in [0, 0.1) is 0 Å². The Morgan fingerprint density at radius 1 is 1.47 bits per heavy atom. The molecule has 2 N–H and O–H groups in total. The van der Waals surface area contributed by atoms with Crippen molar-refractivity contribution in [1.82, 2.24) is 9.55 Å². The average molecular weight is 203 g/mol. The molecule has 4 nitrogen and oxygen atoms in total. The maximum absolute atomic E-state index is 5.72. The lowest BCUT2D eigenvalue weighted by atomic mass is 10.2. The van der Waals surface area contributed by atoms with Gasteiger partial charge in [0.2, 0.25) is 0 Å². The largest absolute Gasteiger partial charge is 0.399 e. The fourth-order valence-electron chi connectivity index (χ4n) is 1.49. The summed E-state index contributed by atoms with van der Waals surface area (Å²) in [5.41, 5.74) is 7.45. The number of imidazole rings is 1.